The van der Waals surface area contributed by atoms with Crippen LogP contribution in [0.1, 0.15) is 30.0 Å². The first kappa shape index (κ1) is 10.5. The van der Waals surface area contributed by atoms with Crippen molar-refractivity contribution in [2.24, 2.45) is 0 Å². The van der Waals surface area contributed by atoms with E-state index in [0.29, 0.717) is 0 Å². The second-order valence-corrected chi connectivity index (χ2v) is 3.38. The summed E-state index contributed by atoms with van der Waals surface area (Å²) in [5.74, 6) is 0.219. The fourth-order valence-corrected chi connectivity index (χ4v) is 1.73. The van der Waals surface area contributed by atoms with Crippen LogP contribution in [-0.4, -0.2) is 20.8 Å². The predicted molar refractivity (Wildman–Crippen MR) is 53.1 cm³/mol. The summed E-state index contributed by atoms with van der Waals surface area (Å²) in [7, 11) is 0. The first-order chi connectivity index (χ1) is 6.11. The minimum atomic E-state index is -0.595. The first-order valence-corrected chi connectivity index (χ1v) is 4.93. The third-order valence-electron chi connectivity index (χ3n) is 2.22. The quantitative estimate of drug-likeness (QED) is 0.759. The van der Waals surface area contributed by atoms with Crippen molar-refractivity contribution in [1.29, 1.82) is 0 Å². The average Bonchev–Trinajstić information content (AvgIpc) is 2.40. The van der Waals surface area contributed by atoms with Crippen molar-refractivity contribution in [2.45, 2.75) is 33.4 Å². The van der Waals surface area contributed by atoms with Crippen molar-refractivity contribution in [3.8, 4) is 0 Å². The topological polar surface area (TPSA) is 38.0 Å². The van der Waals surface area contributed by atoms with Gasteiger partial charge >= 0.3 is 0 Å². The van der Waals surface area contributed by atoms with E-state index in [1.54, 1.807) is 0 Å². The third-order valence-corrected chi connectivity index (χ3v) is 2.51. The Bertz CT molecular complexity index is 296. The van der Waals surface area contributed by atoms with Gasteiger partial charge in [-0.2, -0.15) is 5.10 Å². The predicted octanol–water partition coefficient (Wildman–Crippen LogP) is 1.79. The van der Waals surface area contributed by atoms with Crippen LogP contribution >= 0.6 is 11.6 Å². The Kier molecular flexibility index (Phi) is 3.33. The lowest BCUT2D eigenvalue weighted by molar-refractivity contribution is 0.201. The normalized spacial score (nSPS) is 13.3. The molecular formula is C9H15ClN2O. The molecule has 0 saturated carbocycles. The van der Waals surface area contributed by atoms with Crippen LogP contribution in [0, 0.1) is 13.8 Å². The van der Waals surface area contributed by atoms with Gasteiger partial charge in [-0.1, -0.05) is 0 Å². The highest BCUT2D eigenvalue weighted by molar-refractivity contribution is 6.18. The Morgan fingerprint density at radius 2 is 2.15 bits per heavy atom. The largest absolute Gasteiger partial charge is 0.387 e. The van der Waals surface area contributed by atoms with Gasteiger partial charge in [0.25, 0.3) is 0 Å². The van der Waals surface area contributed by atoms with Crippen LogP contribution < -0.4 is 0 Å². The maximum Gasteiger partial charge on any atom is 0.0960 e. The van der Waals surface area contributed by atoms with Crippen LogP contribution in [0.3, 0.4) is 0 Å². The fourth-order valence-electron chi connectivity index (χ4n) is 1.58. The molecule has 74 valence electrons. The van der Waals surface area contributed by atoms with Crippen molar-refractivity contribution >= 4 is 11.6 Å². The van der Waals surface area contributed by atoms with Crippen molar-refractivity contribution < 1.29 is 5.11 Å². The Morgan fingerprint density at radius 1 is 1.54 bits per heavy atom. The summed E-state index contributed by atoms with van der Waals surface area (Å²) in [4.78, 5) is 0. The zero-order valence-electron chi connectivity index (χ0n) is 8.21. The van der Waals surface area contributed by atoms with E-state index >= 15 is 0 Å². The maximum absolute atomic E-state index is 9.61. The van der Waals surface area contributed by atoms with E-state index in [0.717, 1.165) is 23.5 Å². The number of halogens is 1. The van der Waals surface area contributed by atoms with Crippen molar-refractivity contribution in [3.63, 3.8) is 0 Å². The number of aryl methyl sites for hydroxylation is 2. The van der Waals surface area contributed by atoms with Gasteiger partial charge in [0, 0.05) is 17.8 Å². The number of nitrogens with zero attached hydrogens (tertiary/aromatic N) is 2. The molecule has 1 heterocycles. The molecule has 0 bridgehead atoms. The minimum Gasteiger partial charge on any atom is -0.387 e. The smallest absolute Gasteiger partial charge is 0.0960 e. The summed E-state index contributed by atoms with van der Waals surface area (Å²) in [6.07, 6.45) is -0.595. The number of hydrogen-bond donors (Lipinski definition) is 1. The number of aromatic nitrogens is 2. The monoisotopic (exact) mass is 202 g/mol. The zero-order chi connectivity index (χ0) is 10.0. The third kappa shape index (κ3) is 1.86. The van der Waals surface area contributed by atoms with E-state index in [-0.39, 0.29) is 5.88 Å². The van der Waals surface area contributed by atoms with E-state index in [2.05, 4.69) is 5.10 Å². The summed E-state index contributed by atoms with van der Waals surface area (Å²) < 4.78 is 1.88. The second kappa shape index (κ2) is 4.11. The van der Waals surface area contributed by atoms with Crippen LogP contribution in [0.15, 0.2) is 0 Å². The van der Waals surface area contributed by atoms with E-state index in [9.17, 15) is 5.11 Å². The van der Waals surface area contributed by atoms with Gasteiger partial charge in [0.05, 0.1) is 17.7 Å². The van der Waals surface area contributed by atoms with Gasteiger partial charge in [-0.3, -0.25) is 4.68 Å². The molecule has 0 aromatic carbocycles. The van der Waals surface area contributed by atoms with Crippen LogP contribution in [0.25, 0.3) is 0 Å². The lowest BCUT2D eigenvalue weighted by atomic mass is 10.1. The molecule has 0 aliphatic rings. The molecule has 0 aliphatic heterocycles. The molecular weight excluding hydrogens is 188 g/mol. The van der Waals surface area contributed by atoms with Gasteiger partial charge in [0.1, 0.15) is 0 Å². The van der Waals surface area contributed by atoms with Gasteiger partial charge in [-0.05, 0) is 20.8 Å². The molecule has 0 amide bonds. The lowest BCUT2D eigenvalue weighted by Gasteiger charge is -2.07. The minimum absolute atomic E-state index is 0.219. The Balaban J connectivity index is 3.12. The van der Waals surface area contributed by atoms with Gasteiger partial charge < -0.3 is 5.11 Å². The molecule has 0 fully saturated rings. The molecule has 1 aromatic heterocycles. The van der Waals surface area contributed by atoms with Crippen LogP contribution in [0.4, 0.5) is 0 Å². The van der Waals surface area contributed by atoms with Crippen molar-refractivity contribution in [1.82, 2.24) is 9.78 Å². The number of alkyl halides is 1. The Labute approximate surface area is 83.3 Å². The van der Waals surface area contributed by atoms with Crippen LogP contribution in [-0.2, 0) is 6.54 Å². The summed E-state index contributed by atoms with van der Waals surface area (Å²) in [6, 6.07) is 0. The summed E-state index contributed by atoms with van der Waals surface area (Å²) in [5, 5.41) is 13.9. The number of rotatable bonds is 3. The molecule has 4 heteroatoms. The van der Waals surface area contributed by atoms with Gasteiger partial charge in [0.15, 0.2) is 0 Å². The van der Waals surface area contributed by atoms with Gasteiger partial charge in [-0.25, -0.2) is 0 Å². The number of aliphatic hydroxyl groups excluding tert-OH is 1. The van der Waals surface area contributed by atoms with Crippen LogP contribution in [0.2, 0.25) is 0 Å². The van der Waals surface area contributed by atoms with E-state index in [1.165, 1.54) is 0 Å². The molecule has 1 rings (SSSR count). The average molecular weight is 203 g/mol. The molecule has 1 unspecified atom stereocenters. The van der Waals surface area contributed by atoms with Crippen molar-refractivity contribution in [2.75, 3.05) is 5.88 Å². The molecule has 0 radical (unpaired) electrons. The summed E-state index contributed by atoms with van der Waals surface area (Å²) in [5.41, 5.74) is 2.75. The highest BCUT2D eigenvalue weighted by Gasteiger charge is 2.17. The Hall–Kier alpha value is -0.540. The summed E-state index contributed by atoms with van der Waals surface area (Å²) in [6.45, 7) is 6.69. The first-order valence-electron chi connectivity index (χ1n) is 4.39. The lowest BCUT2D eigenvalue weighted by Crippen LogP contribution is -2.03. The highest BCUT2D eigenvalue weighted by Crippen LogP contribution is 2.22. The van der Waals surface area contributed by atoms with E-state index in [4.69, 9.17) is 11.6 Å². The molecule has 13 heavy (non-hydrogen) atoms. The van der Waals surface area contributed by atoms with E-state index in [1.807, 2.05) is 25.5 Å². The van der Waals surface area contributed by atoms with Crippen molar-refractivity contribution in [3.05, 3.63) is 17.0 Å². The van der Waals surface area contributed by atoms with Gasteiger partial charge in [-0.15, -0.1) is 11.6 Å². The molecule has 1 N–H and O–H groups in total. The molecule has 0 aliphatic carbocycles. The SMILES string of the molecule is CCn1nc(C)c(C(O)CCl)c1C. The van der Waals surface area contributed by atoms with Crippen LogP contribution in [0.5, 0.6) is 0 Å². The molecule has 1 atom stereocenters. The number of hydrogen-bond acceptors (Lipinski definition) is 2. The maximum atomic E-state index is 9.61. The number of aliphatic hydroxyl groups is 1. The van der Waals surface area contributed by atoms with E-state index < -0.39 is 6.10 Å². The molecule has 3 nitrogen and oxygen atoms in total. The molecule has 1 aromatic rings. The van der Waals surface area contributed by atoms with Gasteiger partial charge in [0.2, 0.25) is 0 Å². The standard InChI is InChI=1S/C9H15ClN2O/c1-4-12-7(3)9(6(2)11-12)8(13)5-10/h8,13H,4-5H2,1-3H3. The fraction of sp³-hybridized carbons (Fsp3) is 0.667. The molecule has 0 saturated heterocycles. The highest BCUT2D eigenvalue weighted by atomic mass is 35.5. The zero-order valence-corrected chi connectivity index (χ0v) is 8.97. The Morgan fingerprint density at radius 3 is 2.54 bits per heavy atom. The molecule has 0 spiro atoms. The second-order valence-electron chi connectivity index (χ2n) is 3.07. The summed E-state index contributed by atoms with van der Waals surface area (Å²) >= 11 is 5.60.